The fourth-order valence-corrected chi connectivity index (χ4v) is 3.05. The Hall–Kier alpha value is -2.15. The van der Waals surface area contributed by atoms with E-state index in [4.69, 9.17) is 4.74 Å². The topological polar surface area (TPSA) is 71.4 Å². The molecular formula is C18H25N5OS. The maximum Gasteiger partial charge on any atom is 0.213 e. The quantitative estimate of drug-likeness (QED) is 0.560. The summed E-state index contributed by atoms with van der Waals surface area (Å²) in [5.41, 5.74) is 1.09. The fraction of sp³-hybridized carbons (Fsp3) is 0.500. The number of aromatic nitrogens is 2. The van der Waals surface area contributed by atoms with E-state index >= 15 is 0 Å². The summed E-state index contributed by atoms with van der Waals surface area (Å²) >= 11 is 1.73. The molecule has 134 valence electrons. The molecule has 3 rings (SSSR count). The number of hydrogen-bond donors (Lipinski definition) is 2. The number of rotatable bonds is 8. The molecule has 25 heavy (non-hydrogen) atoms. The fourth-order valence-electron chi connectivity index (χ4n) is 2.25. The highest BCUT2D eigenvalue weighted by molar-refractivity contribution is 7.11. The van der Waals surface area contributed by atoms with Crippen LogP contribution in [0.1, 0.15) is 35.2 Å². The maximum atomic E-state index is 5.66. The second kappa shape index (κ2) is 8.80. The van der Waals surface area contributed by atoms with Crippen molar-refractivity contribution in [3.63, 3.8) is 0 Å². The summed E-state index contributed by atoms with van der Waals surface area (Å²) in [6.07, 6.45) is 7.38. The number of guanidine groups is 1. The van der Waals surface area contributed by atoms with Crippen LogP contribution in [0.25, 0.3) is 0 Å². The van der Waals surface area contributed by atoms with E-state index in [0.29, 0.717) is 19.0 Å². The Morgan fingerprint density at radius 1 is 1.24 bits per heavy atom. The summed E-state index contributed by atoms with van der Waals surface area (Å²) in [5.74, 6) is 2.19. The number of thiazole rings is 1. The lowest BCUT2D eigenvalue weighted by atomic mass is 10.3. The summed E-state index contributed by atoms with van der Waals surface area (Å²) < 4.78 is 5.66. The first-order chi connectivity index (χ1) is 12.3. The van der Waals surface area contributed by atoms with Crippen LogP contribution in [0.2, 0.25) is 0 Å². The molecule has 2 N–H and O–H groups in total. The van der Waals surface area contributed by atoms with Crippen LogP contribution in [0.4, 0.5) is 0 Å². The van der Waals surface area contributed by atoms with E-state index in [2.05, 4.69) is 32.5 Å². The van der Waals surface area contributed by atoms with Gasteiger partial charge in [0.25, 0.3) is 0 Å². The SMILES string of the molecule is CCc1cnc(CNC(=NC)NCc2ccc(OCC3CC3)nc2)s1. The van der Waals surface area contributed by atoms with Gasteiger partial charge < -0.3 is 15.4 Å². The monoisotopic (exact) mass is 359 g/mol. The molecule has 0 aliphatic heterocycles. The largest absolute Gasteiger partial charge is 0.477 e. The molecule has 7 heteroatoms. The van der Waals surface area contributed by atoms with Crippen molar-refractivity contribution in [3.05, 3.63) is 40.0 Å². The first kappa shape index (κ1) is 17.7. The summed E-state index contributed by atoms with van der Waals surface area (Å²) in [5, 5.41) is 7.65. The van der Waals surface area contributed by atoms with Gasteiger partial charge in [0.1, 0.15) is 5.01 Å². The van der Waals surface area contributed by atoms with Gasteiger partial charge in [0, 0.05) is 36.9 Å². The van der Waals surface area contributed by atoms with E-state index in [0.717, 1.165) is 35.5 Å². The average molecular weight is 359 g/mol. The highest BCUT2D eigenvalue weighted by Gasteiger charge is 2.22. The molecule has 0 saturated heterocycles. The van der Waals surface area contributed by atoms with Gasteiger partial charge in [-0.25, -0.2) is 9.97 Å². The minimum atomic E-state index is 0.660. The lowest BCUT2D eigenvalue weighted by Gasteiger charge is -2.11. The van der Waals surface area contributed by atoms with Crippen molar-refractivity contribution in [1.82, 2.24) is 20.6 Å². The van der Waals surface area contributed by atoms with Gasteiger partial charge in [0.15, 0.2) is 5.96 Å². The number of ether oxygens (including phenoxy) is 1. The van der Waals surface area contributed by atoms with E-state index in [1.807, 2.05) is 24.5 Å². The molecule has 6 nitrogen and oxygen atoms in total. The molecule has 2 aromatic rings. The normalized spacial score (nSPS) is 14.4. The molecule has 0 bridgehead atoms. The van der Waals surface area contributed by atoms with Gasteiger partial charge in [-0.2, -0.15) is 0 Å². The Morgan fingerprint density at radius 3 is 2.72 bits per heavy atom. The predicted molar refractivity (Wildman–Crippen MR) is 101 cm³/mol. The third-order valence-electron chi connectivity index (χ3n) is 4.00. The summed E-state index contributed by atoms with van der Waals surface area (Å²) in [6, 6.07) is 3.96. The van der Waals surface area contributed by atoms with Gasteiger partial charge in [-0.1, -0.05) is 13.0 Å². The minimum absolute atomic E-state index is 0.660. The van der Waals surface area contributed by atoms with Gasteiger partial charge in [0.05, 0.1) is 13.2 Å². The maximum absolute atomic E-state index is 5.66. The Labute approximate surface area is 152 Å². The number of hydrogen-bond acceptors (Lipinski definition) is 5. The van der Waals surface area contributed by atoms with E-state index in [1.54, 1.807) is 18.4 Å². The molecular weight excluding hydrogens is 334 g/mol. The van der Waals surface area contributed by atoms with Crippen molar-refractivity contribution in [3.8, 4) is 5.88 Å². The molecule has 1 saturated carbocycles. The Kier molecular flexibility index (Phi) is 6.22. The third-order valence-corrected chi connectivity index (χ3v) is 5.14. The zero-order valence-corrected chi connectivity index (χ0v) is 15.6. The molecule has 0 atom stereocenters. The number of pyridine rings is 1. The van der Waals surface area contributed by atoms with Crippen LogP contribution in [0.3, 0.4) is 0 Å². The highest BCUT2D eigenvalue weighted by atomic mass is 32.1. The number of aryl methyl sites for hydroxylation is 1. The third kappa shape index (κ3) is 5.70. The predicted octanol–water partition coefficient (Wildman–Crippen LogP) is 2.75. The lowest BCUT2D eigenvalue weighted by Crippen LogP contribution is -2.36. The second-order valence-electron chi connectivity index (χ2n) is 6.11. The molecule has 0 aromatic carbocycles. The van der Waals surface area contributed by atoms with Crippen LogP contribution in [0, 0.1) is 5.92 Å². The Bertz CT molecular complexity index is 694. The smallest absolute Gasteiger partial charge is 0.213 e. The molecule has 1 fully saturated rings. The minimum Gasteiger partial charge on any atom is -0.477 e. The Morgan fingerprint density at radius 2 is 2.08 bits per heavy atom. The van der Waals surface area contributed by atoms with E-state index in [-0.39, 0.29) is 0 Å². The van der Waals surface area contributed by atoms with E-state index < -0.39 is 0 Å². The first-order valence-electron chi connectivity index (χ1n) is 8.72. The molecule has 1 aliphatic rings. The van der Waals surface area contributed by atoms with Gasteiger partial charge in [-0.15, -0.1) is 11.3 Å². The number of aliphatic imine (C=N–C) groups is 1. The number of nitrogens with one attached hydrogen (secondary N) is 2. The molecule has 0 unspecified atom stereocenters. The van der Waals surface area contributed by atoms with Crippen LogP contribution in [-0.2, 0) is 19.5 Å². The van der Waals surface area contributed by atoms with Crippen LogP contribution in [-0.4, -0.2) is 29.6 Å². The molecule has 0 radical (unpaired) electrons. The van der Waals surface area contributed by atoms with Crippen molar-refractivity contribution >= 4 is 17.3 Å². The first-order valence-corrected chi connectivity index (χ1v) is 9.54. The summed E-state index contributed by atoms with van der Waals surface area (Å²) in [7, 11) is 1.77. The van der Waals surface area contributed by atoms with Crippen molar-refractivity contribution in [2.45, 2.75) is 39.3 Å². The van der Waals surface area contributed by atoms with Crippen molar-refractivity contribution in [2.24, 2.45) is 10.9 Å². The van der Waals surface area contributed by atoms with Gasteiger partial charge >= 0.3 is 0 Å². The standard InChI is InChI=1S/C18H25N5OS/c1-3-15-10-21-17(25-15)11-23-18(19-2)22-9-14-6-7-16(20-8-14)24-12-13-4-5-13/h6-8,10,13H,3-5,9,11-12H2,1-2H3,(H2,19,22,23). The van der Waals surface area contributed by atoms with Crippen molar-refractivity contribution < 1.29 is 4.74 Å². The molecule has 2 heterocycles. The van der Waals surface area contributed by atoms with Crippen molar-refractivity contribution in [2.75, 3.05) is 13.7 Å². The van der Waals surface area contributed by atoms with Crippen LogP contribution >= 0.6 is 11.3 Å². The molecule has 1 aliphatic carbocycles. The van der Waals surface area contributed by atoms with Crippen LogP contribution in [0.15, 0.2) is 29.5 Å². The van der Waals surface area contributed by atoms with Crippen molar-refractivity contribution in [1.29, 1.82) is 0 Å². The van der Waals surface area contributed by atoms with Gasteiger partial charge in [-0.05, 0) is 30.7 Å². The summed E-state index contributed by atoms with van der Waals surface area (Å²) in [6.45, 7) is 4.27. The number of nitrogens with zero attached hydrogens (tertiary/aromatic N) is 3. The van der Waals surface area contributed by atoms with Crippen LogP contribution < -0.4 is 15.4 Å². The van der Waals surface area contributed by atoms with Crippen LogP contribution in [0.5, 0.6) is 5.88 Å². The van der Waals surface area contributed by atoms with E-state index in [9.17, 15) is 0 Å². The average Bonchev–Trinajstić information content (AvgIpc) is 3.37. The zero-order chi connectivity index (χ0) is 17.5. The van der Waals surface area contributed by atoms with E-state index in [1.165, 1.54) is 17.7 Å². The second-order valence-corrected chi connectivity index (χ2v) is 7.31. The molecule has 2 aromatic heterocycles. The lowest BCUT2D eigenvalue weighted by molar-refractivity contribution is 0.288. The zero-order valence-electron chi connectivity index (χ0n) is 14.8. The highest BCUT2D eigenvalue weighted by Crippen LogP contribution is 2.29. The van der Waals surface area contributed by atoms with Gasteiger partial charge in [-0.3, -0.25) is 4.99 Å². The molecule has 0 amide bonds. The Balaban J connectivity index is 1.42. The molecule has 0 spiro atoms. The van der Waals surface area contributed by atoms with Gasteiger partial charge in [0.2, 0.25) is 5.88 Å². The summed E-state index contributed by atoms with van der Waals surface area (Å²) in [4.78, 5) is 14.3.